The van der Waals surface area contributed by atoms with Crippen LogP contribution in [0.25, 0.3) is 0 Å². The Labute approximate surface area is 204 Å². The average molecular weight is 498 g/mol. The van der Waals surface area contributed by atoms with E-state index in [1.165, 1.54) is 26.2 Å². The van der Waals surface area contributed by atoms with Crippen LogP contribution in [0.3, 0.4) is 0 Å². The van der Waals surface area contributed by atoms with Gasteiger partial charge in [-0.05, 0) is 39.7 Å². The molecule has 34 heavy (non-hydrogen) atoms. The topological polar surface area (TPSA) is 123 Å². The van der Waals surface area contributed by atoms with E-state index in [-0.39, 0.29) is 40.7 Å². The molecule has 0 aliphatic carbocycles. The Morgan fingerprint density at radius 2 is 1.76 bits per heavy atom. The number of piperidine rings is 1. The molecule has 11 heteroatoms. The van der Waals surface area contributed by atoms with E-state index in [0.717, 1.165) is 0 Å². The molecule has 0 unspecified atom stereocenters. The number of halogens is 1. The first-order valence-corrected chi connectivity index (χ1v) is 11.3. The highest BCUT2D eigenvalue weighted by Crippen LogP contribution is 2.31. The molecular weight excluding hydrogens is 466 g/mol. The summed E-state index contributed by atoms with van der Waals surface area (Å²) in [5.74, 6) is -1.27. The highest BCUT2D eigenvalue weighted by Gasteiger charge is 2.26. The third kappa shape index (κ3) is 8.18. The predicted octanol–water partition coefficient (Wildman–Crippen LogP) is 2.59. The van der Waals surface area contributed by atoms with E-state index >= 15 is 0 Å². The van der Waals surface area contributed by atoms with Crippen LogP contribution < -0.4 is 15.4 Å². The quantitative estimate of drug-likeness (QED) is 0.415. The zero-order chi connectivity index (χ0) is 25.5. The molecule has 0 spiro atoms. The molecule has 0 bridgehead atoms. The number of benzene rings is 1. The number of nitrogens with one attached hydrogen (secondary N) is 2. The van der Waals surface area contributed by atoms with Gasteiger partial charge >= 0.3 is 11.9 Å². The van der Waals surface area contributed by atoms with Crippen molar-refractivity contribution in [3.05, 3.63) is 22.7 Å². The fourth-order valence-corrected chi connectivity index (χ4v) is 3.49. The van der Waals surface area contributed by atoms with E-state index < -0.39 is 24.1 Å². The standard InChI is InChI=1S/C23H32ClN3O7/c1-14(28)25-18-11-19(32-5)16(10-17(18)24)21(30)26-15-6-8-27(9-7-15)12-20(29)33-13-34-22(31)23(2,3)4/h10-11,15H,6-9,12-13H2,1-5H3,(H,25,28)(H,26,30). The Kier molecular flexibility index (Phi) is 9.69. The van der Waals surface area contributed by atoms with Crippen LogP contribution >= 0.6 is 11.6 Å². The van der Waals surface area contributed by atoms with Crippen molar-refractivity contribution < 1.29 is 33.4 Å². The summed E-state index contributed by atoms with van der Waals surface area (Å²) in [5.41, 5.74) is -0.0463. The van der Waals surface area contributed by atoms with Gasteiger partial charge in [-0.25, -0.2) is 0 Å². The summed E-state index contributed by atoms with van der Waals surface area (Å²) in [5, 5.41) is 5.78. The SMILES string of the molecule is COc1cc(NC(C)=O)c(Cl)cc1C(=O)NC1CCN(CC(=O)OCOC(=O)C(C)(C)C)CC1. The van der Waals surface area contributed by atoms with Crippen LogP contribution in [-0.2, 0) is 23.9 Å². The number of nitrogens with zero attached hydrogens (tertiary/aromatic N) is 1. The number of methoxy groups -OCH3 is 1. The normalized spacial score (nSPS) is 14.8. The van der Waals surface area contributed by atoms with Gasteiger partial charge < -0.3 is 24.8 Å². The number of anilines is 1. The fraction of sp³-hybridized carbons (Fsp3) is 0.565. The van der Waals surface area contributed by atoms with E-state index in [2.05, 4.69) is 10.6 Å². The van der Waals surface area contributed by atoms with Crippen molar-refractivity contribution in [1.29, 1.82) is 0 Å². The van der Waals surface area contributed by atoms with E-state index in [1.807, 2.05) is 4.90 Å². The van der Waals surface area contributed by atoms with Crippen molar-refractivity contribution in [2.75, 3.05) is 38.9 Å². The molecule has 0 aromatic heterocycles. The molecular formula is C23H32ClN3O7. The largest absolute Gasteiger partial charge is 0.496 e. The third-order valence-corrected chi connectivity index (χ3v) is 5.46. The van der Waals surface area contributed by atoms with Crippen LogP contribution in [0.5, 0.6) is 5.75 Å². The van der Waals surface area contributed by atoms with E-state index in [1.54, 1.807) is 20.8 Å². The van der Waals surface area contributed by atoms with Crippen molar-refractivity contribution in [2.24, 2.45) is 5.41 Å². The first-order chi connectivity index (χ1) is 15.9. The first-order valence-electron chi connectivity index (χ1n) is 10.9. The molecule has 1 saturated heterocycles. The second-order valence-electron chi connectivity index (χ2n) is 9.05. The highest BCUT2D eigenvalue weighted by atomic mass is 35.5. The molecule has 1 aliphatic rings. The van der Waals surface area contributed by atoms with Crippen LogP contribution in [0.15, 0.2) is 12.1 Å². The molecule has 0 radical (unpaired) electrons. The predicted molar refractivity (Wildman–Crippen MR) is 126 cm³/mol. The molecule has 0 atom stereocenters. The fourth-order valence-electron chi connectivity index (χ4n) is 3.28. The molecule has 2 N–H and O–H groups in total. The first kappa shape index (κ1) is 27.4. The van der Waals surface area contributed by atoms with Crippen LogP contribution in [0, 0.1) is 5.41 Å². The number of ether oxygens (including phenoxy) is 3. The molecule has 1 aliphatic heterocycles. The smallest absolute Gasteiger partial charge is 0.323 e. The maximum absolute atomic E-state index is 12.8. The summed E-state index contributed by atoms with van der Waals surface area (Å²) in [6, 6.07) is 2.87. The van der Waals surface area contributed by atoms with Gasteiger partial charge in [-0.15, -0.1) is 0 Å². The minimum Gasteiger partial charge on any atom is -0.496 e. The number of esters is 2. The molecule has 2 rings (SSSR count). The van der Waals surface area contributed by atoms with Gasteiger partial charge in [0.25, 0.3) is 5.91 Å². The van der Waals surface area contributed by atoms with Gasteiger partial charge in [-0.1, -0.05) is 11.6 Å². The Morgan fingerprint density at radius 1 is 1.12 bits per heavy atom. The van der Waals surface area contributed by atoms with Gasteiger partial charge in [0.15, 0.2) is 0 Å². The minimum atomic E-state index is -0.665. The number of carbonyl (C=O) groups excluding carboxylic acids is 4. The zero-order valence-corrected chi connectivity index (χ0v) is 20.9. The lowest BCUT2D eigenvalue weighted by molar-refractivity contribution is -0.173. The minimum absolute atomic E-state index is 0.0712. The van der Waals surface area contributed by atoms with Crippen molar-refractivity contribution >= 4 is 41.0 Å². The van der Waals surface area contributed by atoms with Crippen molar-refractivity contribution in [1.82, 2.24) is 10.2 Å². The van der Waals surface area contributed by atoms with Gasteiger partial charge in [0.2, 0.25) is 12.7 Å². The van der Waals surface area contributed by atoms with Gasteiger partial charge in [0.05, 0.1) is 35.3 Å². The molecule has 0 saturated carbocycles. The zero-order valence-electron chi connectivity index (χ0n) is 20.2. The summed E-state index contributed by atoms with van der Waals surface area (Å²) in [6.07, 6.45) is 1.27. The van der Waals surface area contributed by atoms with Crippen LogP contribution in [0.4, 0.5) is 5.69 Å². The van der Waals surface area contributed by atoms with Gasteiger partial charge in [-0.2, -0.15) is 0 Å². The lowest BCUT2D eigenvalue weighted by Crippen LogP contribution is -2.46. The number of carbonyl (C=O) groups is 4. The maximum atomic E-state index is 12.8. The lowest BCUT2D eigenvalue weighted by atomic mass is 9.98. The number of amides is 2. The number of rotatable bonds is 8. The molecule has 188 valence electrons. The Hall–Kier alpha value is -2.85. The number of hydrogen-bond donors (Lipinski definition) is 2. The van der Waals surface area contributed by atoms with E-state index in [9.17, 15) is 19.2 Å². The molecule has 10 nitrogen and oxygen atoms in total. The lowest BCUT2D eigenvalue weighted by Gasteiger charge is -2.31. The summed E-state index contributed by atoms with van der Waals surface area (Å²) < 4.78 is 15.2. The summed E-state index contributed by atoms with van der Waals surface area (Å²) >= 11 is 6.20. The summed E-state index contributed by atoms with van der Waals surface area (Å²) in [7, 11) is 1.43. The van der Waals surface area contributed by atoms with Crippen molar-refractivity contribution in [2.45, 2.75) is 46.6 Å². The second-order valence-corrected chi connectivity index (χ2v) is 9.46. The molecule has 2 amide bonds. The van der Waals surface area contributed by atoms with Crippen LogP contribution in [0.1, 0.15) is 50.9 Å². The van der Waals surface area contributed by atoms with Crippen LogP contribution in [-0.4, -0.2) is 68.2 Å². The van der Waals surface area contributed by atoms with Gasteiger partial charge in [0, 0.05) is 32.1 Å². The molecule has 1 aromatic rings. The van der Waals surface area contributed by atoms with Gasteiger partial charge in [0.1, 0.15) is 5.75 Å². The molecule has 1 aromatic carbocycles. The second kappa shape index (κ2) is 12.0. The number of likely N-dealkylation sites (tertiary alicyclic amines) is 1. The van der Waals surface area contributed by atoms with Gasteiger partial charge in [-0.3, -0.25) is 24.1 Å². The van der Waals surface area contributed by atoms with Crippen molar-refractivity contribution in [3.8, 4) is 5.75 Å². The highest BCUT2D eigenvalue weighted by molar-refractivity contribution is 6.34. The van der Waals surface area contributed by atoms with E-state index in [0.29, 0.717) is 31.6 Å². The Bertz CT molecular complexity index is 922. The third-order valence-electron chi connectivity index (χ3n) is 5.14. The number of hydrogen-bond acceptors (Lipinski definition) is 8. The monoisotopic (exact) mass is 497 g/mol. The Balaban J connectivity index is 1.82. The van der Waals surface area contributed by atoms with E-state index in [4.69, 9.17) is 25.8 Å². The summed E-state index contributed by atoms with van der Waals surface area (Å²) in [6.45, 7) is 7.33. The molecule has 1 heterocycles. The van der Waals surface area contributed by atoms with Crippen molar-refractivity contribution in [3.63, 3.8) is 0 Å². The average Bonchev–Trinajstić information content (AvgIpc) is 2.75. The van der Waals surface area contributed by atoms with Crippen LogP contribution in [0.2, 0.25) is 5.02 Å². The Morgan fingerprint density at radius 3 is 2.32 bits per heavy atom. The molecule has 1 fully saturated rings. The maximum Gasteiger partial charge on any atom is 0.323 e. The summed E-state index contributed by atoms with van der Waals surface area (Å²) in [4.78, 5) is 49.7.